The lowest BCUT2D eigenvalue weighted by Crippen LogP contribution is -1.84. The van der Waals surface area contributed by atoms with Gasteiger partial charge in [-0.1, -0.05) is 35.9 Å². The molecule has 3 heteroatoms. The largest absolute Gasteiger partial charge is 0.507 e. The number of para-hydroxylation sites is 1. The Bertz CT molecular complexity index is 525. The maximum Gasteiger partial charge on any atom is 0.129 e. The lowest BCUT2D eigenvalue weighted by molar-refractivity contribution is 0.462. The van der Waals surface area contributed by atoms with Crippen LogP contribution in [0.25, 0.3) is 0 Å². The van der Waals surface area contributed by atoms with Gasteiger partial charge in [0.05, 0.1) is 0 Å². The molecule has 0 fully saturated rings. The monoisotopic (exact) mass is 264 g/mol. The highest BCUT2D eigenvalue weighted by molar-refractivity contribution is 7.98. The van der Waals surface area contributed by atoms with Crippen LogP contribution in [0.4, 0.5) is 0 Å². The van der Waals surface area contributed by atoms with Gasteiger partial charge in [-0.2, -0.15) is 0 Å². The van der Waals surface area contributed by atoms with E-state index >= 15 is 0 Å². The SMILES string of the molecule is Cc1ccc(CSc2ccccc2O)c(Cl)c1. The molecule has 0 bridgehead atoms. The first-order valence-electron chi connectivity index (χ1n) is 5.32. The summed E-state index contributed by atoms with van der Waals surface area (Å²) in [6.07, 6.45) is 0. The van der Waals surface area contributed by atoms with Crippen LogP contribution in [0.15, 0.2) is 47.4 Å². The summed E-state index contributed by atoms with van der Waals surface area (Å²) in [6, 6.07) is 13.4. The molecule has 0 aliphatic carbocycles. The van der Waals surface area contributed by atoms with E-state index < -0.39 is 0 Å². The molecule has 0 radical (unpaired) electrons. The van der Waals surface area contributed by atoms with Crippen LogP contribution in [0.2, 0.25) is 5.02 Å². The lowest BCUT2D eigenvalue weighted by atomic mass is 10.2. The molecular weight excluding hydrogens is 252 g/mol. The van der Waals surface area contributed by atoms with Crippen molar-refractivity contribution in [3.8, 4) is 5.75 Å². The van der Waals surface area contributed by atoms with Crippen LogP contribution in [0, 0.1) is 6.92 Å². The molecule has 2 aromatic carbocycles. The molecule has 1 nitrogen and oxygen atoms in total. The number of benzene rings is 2. The van der Waals surface area contributed by atoms with Crippen molar-refractivity contribution in [1.29, 1.82) is 0 Å². The van der Waals surface area contributed by atoms with Crippen molar-refractivity contribution >= 4 is 23.4 Å². The van der Waals surface area contributed by atoms with Crippen molar-refractivity contribution < 1.29 is 5.11 Å². The summed E-state index contributed by atoms with van der Waals surface area (Å²) in [5, 5.41) is 10.4. The number of hydrogen-bond donors (Lipinski definition) is 1. The predicted molar refractivity (Wildman–Crippen MR) is 73.9 cm³/mol. The van der Waals surface area contributed by atoms with Crippen molar-refractivity contribution in [2.75, 3.05) is 0 Å². The first kappa shape index (κ1) is 12.3. The Balaban J connectivity index is 2.10. The minimum Gasteiger partial charge on any atom is -0.507 e. The highest BCUT2D eigenvalue weighted by Crippen LogP contribution is 2.32. The molecule has 2 rings (SSSR count). The molecule has 0 aliphatic rings. The van der Waals surface area contributed by atoms with Crippen LogP contribution in [-0.4, -0.2) is 5.11 Å². The van der Waals surface area contributed by atoms with Gasteiger partial charge in [0.15, 0.2) is 0 Å². The van der Waals surface area contributed by atoms with Gasteiger partial charge < -0.3 is 5.11 Å². The fraction of sp³-hybridized carbons (Fsp3) is 0.143. The molecule has 1 N–H and O–H groups in total. The number of aryl methyl sites for hydroxylation is 1. The number of aromatic hydroxyl groups is 1. The second-order valence-electron chi connectivity index (χ2n) is 3.85. The van der Waals surface area contributed by atoms with Crippen molar-refractivity contribution in [2.24, 2.45) is 0 Å². The van der Waals surface area contributed by atoms with E-state index in [4.69, 9.17) is 11.6 Å². The Morgan fingerprint density at radius 3 is 2.65 bits per heavy atom. The average Bonchev–Trinajstić information content (AvgIpc) is 2.30. The molecule has 0 spiro atoms. The van der Waals surface area contributed by atoms with Crippen LogP contribution in [0.5, 0.6) is 5.75 Å². The first-order valence-corrected chi connectivity index (χ1v) is 6.69. The van der Waals surface area contributed by atoms with E-state index in [1.54, 1.807) is 17.8 Å². The van der Waals surface area contributed by atoms with E-state index in [9.17, 15) is 5.11 Å². The minimum absolute atomic E-state index is 0.320. The molecule has 0 heterocycles. The Morgan fingerprint density at radius 1 is 1.18 bits per heavy atom. The summed E-state index contributed by atoms with van der Waals surface area (Å²) < 4.78 is 0. The fourth-order valence-electron chi connectivity index (χ4n) is 1.50. The molecule has 17 heavy (non-hydrogen) atoms. The third-order valence-electron chi connectivity index (χ3n) is 2.46. The molecule has 0 saturated carbocycles. The molecule has 0 aromatic heterocycles. The van der Waals surface area contributed by atoms with Gasteiger partial charge in [-0.25, -0.2) is 0 Å². The van der Waals surface area contributed by atoms with Gasteiger partial charge in [-0.3, -0.25) is 0 Å². The average molecular weight is 265 g/mol. The number of hydrogen-bond acceptors (Lipinski definition) is 2. The molecule has 0 amide bonds. The van der Waals surface area contributed by atoms with E-state index in [0.29, 0.717) is 5.75 Å². The van der Waals surface area contributed by atoms with Crippen LogP contribution in [0.3, 0.4) is 0 Å². The second-order valence-corrected chi connectivity index (χ2v) is 5.28. The smallest absolute Gasteiger partial charge is 0.129 e. The summed E-state index contributed by atoms with van der Waals surface area (Å²) in [5.41, 5.74) is 2.25. The topological polar surface area (TPSA) is 20.2 Å². The summed E-state index contributed by atoms with van der Waals surface area (Å²) in [6.45, 7) is 2.02. The second kappa shape index (κ2) is 5.48. The zero-order valence-corrected chi connectivity index (χ0v) is 11.1. The van der Waals surface area contributed by atoms with Gasteiger partial charge in [-0.15, -0.1) is 11.8 Å². The molecule has 2 aromatic rings. The zero-order chi connectivity index (χ0) is 12.3. The number of thioether (sulfide) groups is 1. The van der Waals surface area contributed by atoms with Crippen molar-refractivity contribution in [2.45, 2.75) is 17.6 Å². The summed E-state index contributed by atoms with van der Waals surface area (Å²) in [7, 11) is 0. The van der Waals surface area contributed by atoms with Gasteiger partial charge >= 0.3 is 0 Å². The van der Waals surface area contributed by atoms with Gasteiger partial charge in [0.25, 0.3) is 0 Å². The van der Waals surface area contributed by atoms with Crippen molar-refractivity contribution in [3.63, 3.8) is 0 Å². The van der Waals surface area contributed by atoms with Crippen molar-refractivity contribution in [3.05, 3.63) is 58.6 Å². The Kier molecular flexibility index (Phi) is 3.97. The number of rotatable bonds is 3. The molecule has 88 valence electrons. The third kappa shape index (κ3) is 3.18. The van der Waals surface area contributed by atoms with Crippen LogP contribution in [-0.2, 0) is 5.75 Å². The van der Waals surface area contributed by atoms with E-state index in [1.165, 1.54) is 0 Å². The number of phenolic OH excluding ortho intramolecular Hbond substituents is 1. The Labute approximate surface area is 110 Å². The molecule has 0 unspecified atom stereocenters. The van der Waals surface area contributed by atoms with E-state index in [1.807, 2.05) is 43.3 Å². The fourth-order valence-corrected chi connectivity index (χ4v) is 2.84. The maximum absolute atomic E-state index is 9.65. The standard InChI is InChI=1S/C14H13ClOS/c1-10-6-7-11(12(15)8-10)9-17-14-5-3-2-4-13(14)16/h2-8,16H,9H2,1H3. The Hall–Kier alpha value is -1.12. The molecule has 0 aliphatic heterocycles. The lowest BCUT2D eigenvalue weighted by Gasteiger charge is -2.06. The van der Waals surface area contributed by atoms with Crippen molar-refractivity contribution in [1.82, 2.24) is 0 Å². The van der Waals surface area contributed by atoms with Gasteiger partial charge in [0.2, 0.25) is 0 Å². The quantitative estimate of drug-likeness (QED) is 0.815. The highest BCUT2D eigenvalue weighted by Gasteiger charge is 2.04. The summed E-state index contributed by atoms with van der Waals surface area (Å²) in [5.74, 6) is 1.08. The number of phenols is 1. The van der Waals surface area contributed by atoms with E-state index in [2.05, 4.69) is 0 Å². The molecular formula is C14H13ClOS. The third-order valence-corrected chi connectivity index (χ3v) is 3.92. The normalized spacial score (nSPS) is 10.5. The van der Waals surface area contributed by atoms with Crippen LogP contribution in [0.1, 0.15) is 11.1 Å². The highest BCUT2D eigenvalue weighted by atomic mass is 35.5. The van der Waals surface area contributed by atoms with Gasteiger partial charge in [-0.05, 0) is 36.2 Å². The summed E-state index contributed by atoms with van der Waals surface area (Å²) >= 11 is 7.75. The van der Waals surface area contributed by atoms with E-state index in [0.717, 1.165) is 26.8 Å². The minimum atomic E-state index is 0.320. The first-order chi connectivity index (χ1) is 8.16. The molecule has 0 atom stereocenters. The van der Waals surface area contributed by atoms with Gasteiger partial charge in [0, 0.05) is 15.7 Å². The molecule has 0 saturated heterocycles. The summed E-state index contributed by atoms with van der Waals surface area (Å²) in [4.78, 5) is 0.879. The Morgan fingerprint density at radius 2 is 1.94 bits per heavy atom. The maximum atomic E-state index is 9.65. The number of halogens is 1. The van der Waals surface area contributed by atoms with Gasteiger partial charge in [0.1, 0.15) is 5.75 Å². The van der Waals surface area contributed by atoms with E-state index in [-0.39, 0.29) is 0 Å². The van der Waals surface area contributed by atoms with Crippen LogP contribution < -0.4 is 0 Å². The van der Waals surface area contributed by atoms with Crippen LogP contribution >= 0.6 is 23.4 Å². The zero-order valence-electron chi connectivity index (χ0n) is 9.48. The predicted octanol–water partition coefficient (Wildman–Crippen LogP) is 4.65.